The Morgan fingerprint density at radius 3 is 2.96 bits per heavy atom. The zero-order valence-electron chi connectivity index (χ0n) is 13.3. The lowest BCUT2D eigenvalue weighted by Gasteiger charge is -2.31. The number of H-pyrrole nitrogens is 1. The Morgan fingerprint density at radius 1 is 1.39 bits per heavy atom. The molecule has 122 valence electrons. The molecule has 0 unspecified atom stereocenters. The van der Waals surface area contributed by atoms with Gasteiger partial charge in [0.15, 0.2) is 11.6 Å². The highest BCUT2D eigenvalue weighted by atomic mass is 16.5. The first-order valence-electron chi connectivity index (χ1n) is 7.96. The minimum absolute atomic E-state index is 0.0635. The summed E-state index contributed by atoms with van der Waals surface area (Å²) in [6.45, 7) is 3.42. The first-order valence-corrected chi connectivity index (χ1v) is 7.96. The predicted molar refractivity (Wildman–Crippen MR) is 81.6 cm³/mol. The van der Waals surface area contributed by atoms with Crippen molar-refractivity contribution in [3.63, 3.8) is 0 Å². The molecular formula is C15H20N6O2. The van der Waals surface area contributed by atoms with Crippen LogP contribution in [0, 0.1) is 0 Å². The monoisotopic (exact) mass is 316 g/mol. The number of nitrogens with zero attached hydrogens (tertiary/aromatic N) is 5. The van der Waals surface area contributed by atoms with Gasteiger partial charge in [-0.15, -0.1) is 10.2 Å². The SMILES string of the molecule is COCCN1Cc2nnc(-c3cc(C4CC4)[nH]n3)n2[C@@H](C)C1=O. The van der Waals surface area contributed by atoms with E-state index in [0.717, 1.165) is 17.2 Å². The molecule has 1 fully saturated rings. The minimum atomic E-state index is -0.332. The number of nitrogens with one attached hydrogen (secondary N) is 1. The summed E-state index contributed by atoms with van der Waals surface area (Å²) in [7, 11) is 1.63. The predicted octanol–water partition coefficient (Wildman–Crippen LogP) is 1.10. The van der Waals surface area contributed by atoms with E-state index in [4.69, 9.17) is 4.74 Å². The third kappa shape index (κ3) is 2.42. The molecule has 0 aromatic carbocycles. The molecule has 0 saturated heterocycles. The van der Waals surface area contributed by atoms with Crippen LogP contribution in [0.1, 0.15) is 43.2 Å². The summed E-state index contributed by atoms with van der Waals surface area (Å²) < 4.78 is 6.97. The lowest BCUT2D eigenvalue weighted by Crippen LogP contribution is -2.43. The average Bonchev–Trinajstić information content (AvgIpc) is 3.13. The Kier molecular flexibility index (Phi) is 3.41. The fourth-order valence-corrected chi connectivity index (χ4v) is 3.08. The number of ether oxygens (including phenoxy) is 1. The molecule has 3 heterocycles. The summed E-state index contributed by atoms with van der Waals surface area (Å²) in [6.07, 6.45) is 2.42. The van der Waals surface area contributed by atoms with Crippen molar-refractivity contribution < 1.29 is 9.53 Å². The molecule has 1 aliphatic heterocycles. The fraction of sp³-hybridized carbons (Fsp3) is 0.600. The maximum atomic E-state index is 12.6. The molecule has 1 aliphatic carbocycles. The second kappa shape index (κ2) is 5.45. The van der Waals surface area contributed by atoms with E-state index in [1.165, 1.54) is 12.8 Å². The van der Waals surface area contributed by atoms with Crippen LogP contribution in [0.25, 0.3) is 11.5 Å². The Morgan fingerprint density at radius 2 is 2.22 bits per heavy atom. The molecule has 1 saturated carbocycles. The highest BCUT2D eigenvalue weighted by molar-refractivity contribution is 5.81. The van der Waals surface area contributed by atoms with Crippen molar-refractivity contribution in [2.45, 2.75) is 38.3 Å². The smallest absolute Gasteiger partial charge is 0.245 e. The van der Waals surface area contributed by atoms with Gasteiger partial charge in [0.05, 0.1) is 13.2 Å². The molecule has 1 amide bonds. The standard InChI is InChI=1S/C15H20N6O2/c1-9-15(22)20(5-6-23-2)8-13-18-19-14(21(9)13)12-7-11(16-17-12)10-3-4-10/h7,9-10H,3-6,8H2,1-2H3,(H,16,17)/t9-/m0/s1. The van der Waals surface area contributed by atoms with Gasteiger partial charge in [0, 0.05) is 25.3 Å². The van der Waals surface area contributed by atoms with E-state index in [1.807, 2.05) is 17.6 Å². The molecular weight excluding hydrogens is 296 g/mol. The van der Waals surface area contributed by atoms with Crippen molar-refractivity contribution in [3.8, 4) is 11.5 Å². The average molecular weight is 316 g/mol. The maximum Gasteiger partial charge on any atom is 0.245 e. The number of aromatic nitrogens is 5. The van der Waals surface area contributed by atoms with Gasteiger partial charge < -0.3 is 9.64 Å². The Bertz CT molecular complexity index is 732. The number of hydrogen-bond donors (Lipinski definition) is 1. The number of carbonyl (C=O) groups is 1. The van der Waals surface area contributed by atoms with Crippen molar-refractivity contribution in [1.82, 2.24) is 29.9 Å². The van der Waals surface area contributed by atoms with Crippen LogP contribution < -0.4 is 0 Å². The number of methoxy groups -OCH3 is 1. The van der Waals surface area contributed by atoms with Crippen LogP contribution in [0.4, 0.5) is 0 Å². The minimum Gasteiger partial charge on any atom is -0.383 e. The summed E-state index contributed by atoms with van der Waals surface area (Å²) in [5, 5.41) is 16.0. The Labute approximate surface area is 133 Å². The highest BCUT2D eigenvalue weighted by Crippen LogP contribution is 2.40. The first kappa shape index (κ1) is 14.4. The van der Waals surface area contributed by atoms with Gasteiger partial charge in [-0.3, -0.25) is 14.5 Å². The summed E-state index contributed by atoms with van der Waals surface area (Å²) in [5.41, 5.74) is 1.91. The van der Waals surface area contributed by atoms with Crippen molar-refractivity contribution in [3.05, 3.63) is 17.6 Å². The van der Waals surface area contributed by atoms with E-state index >= 15 is 0 Å². The highest BCUT2D eigenvalue weighted by Gasteiger charge is 2.34. The molecule has 1 N–H and O–H groups in total. The number of amides is 1. The largest absolute Gasteiger partial charge is 0.383 e. The molecule has 0 spiro atoms. The van der Waals surface area contributed by atoms with Crippen LogP contribution >= 0.6 is 0 Å². The lowest BCUT2D eigenvalue weighted by atomic mass is 10.2. The molecule has 8 heteroatoms. The zero-order valence-corrected chi connectivity index (χ0v) is 13.3. The molecule has 4 rings (SSSR count). The van der Waals surface area contributed by atoms with Crippen molar-refractivity contribution in [2.24, 2.45) is 0 Å². The van der Waals surface area contributed by atoms with Crippen LogP contribution in [0.15, 0.2) is 6.07 Å². The number of aromatic amines is 1. The van der Waals surface area contributed by atoms with Crippen molar-refractivity contribution >= 4 is 5.91 Å². The van der Waals surface area contributed by atoms with Crippen LogP contribution in [0.3, 0.4) is 0 Å². The van der Waals surface area contributed by atoms with Gasteiger partial charge >= 0.3 is 0 Å². The van der Waals surface area contributed by atoms with Gasteiger partial charge in [0.25, 0.3) is 0 Å². The van der Waals surface area contributed by atoms with Crippen LogP contribution in [0.5, 0.6) is 0 Å². The van der Waals surface area contributed by atoms with Gasteiger partial charge in [0.1, 0.15) is 11.7 Å². The Hall–Kier alpha value is -2.22. The summed E-state index contributed by atoms with van der Waals surface area (Å²) in [5.74, 6) is 2.12. The second-order valence-corrected chi connectivity index (χ2v) is 6.22. The van der Waals surface area contributed by atoms with E-state index in [0.29, 0.717) is 31.4 Å². The Balaban J connectivity index is 1.65. The molecule has 1 atom stereocenters. The van der Waals surface area contributed by atoms with Gasteiger partial charge in [-0.1, -0.05) is 0 Å². The molecule has 0 radical (unpaired) electrons. The number of rotatable bonds is 5. The normalized spacial score (nSPS) is 20.9. The molecule has 2 aliphatic rings. The summed E-state index contributed by atoms with van der Waals surface area (Å²) in [4.78, 5) is 14.3. The molecule has 2 aromatic heterocycles. The van der Waals surface area contributed by atoms with Crippen LogP contribution in [-0.4, -0.2) is 56.0 Å². The van der Waals surface area contributed by atoms with E-state index in [-0.39, 0.29) is 11.9 Å². The maximum absolute atomic E-state index is 12.6. The third-order valence-electron chi connectivity index (χ3n) is 4.56. The van der Waals surface area contributed by atoms with Gasteiger partial charge in [-0.25, -0.2) is 0 Å². The molecule has 0 bridgehead atoms. The van der Waals surface area contributed by atoms with Gasteiger partial charge in [0.2, 0.25) is 5.91 Å². The fourth-order valence-electron chi connectivity index (χ4n) is 3.08. The van der Waals surface area contributed by atoms with Gasteiger partial charge in [-0.2, -0.15) is 5.10 Å². The van der Waals surface area contributed by atoms with E-state index in [2.05, 4.69) is 20.4 Å². The van der Waals surface area contributed by atoms with E-state index in [9.17, 15) is 4.79 Å². The van der Waals surface area contributed by atoms with Gasteiger partial charge in [-0.05, 0) is 25.8 Å². The number of hydrogen-bond acceptors (Lipinski definition) is 5. The first-order chi connectivity index (χ1) is 11.2. The molecule has 8 nitrogen and oxygen atoms in total. The van der Waals surface area contributed by atoms with Crippen molar-refractivity contribution in [1.29, 1.82) is 0 Å². The number of carbonyl (C=O) groups excluding carboxylic acids is 1. The zero-order chi connectivity index (χ0) is 16.0. The van der Waals surface area contributed by atoms with E-state index < -0.39 is 0 Å². The van der Waals surface area contributed by atoms with E-state index in [1.54, 1.807) is 12.0 Å². The number of fused-ring (bicyclic) bond motifs is 1. The quantitative estimate of drug-likeness (QED) is 0.892. The third-order valence-corrected chi connectivity index (χ3v) is 4.56. The van der Waals surface area contributed by atoms with Crippen LogP contribution in [0.2, 0.25) is 0 Å². The van der Waals surface area contributed by atoms with Crippen molar-refractivity contribution in [2.75, 3.05) is 20.3 Å². The molecule has 2 aromatic rings. The summed E-state index contributed by atoms with van der Waals surface area (Å²) in [6, 6.07) is 1.70. The molecule has 23 heavy (non-hydrogen) atoms. The summed E-state index contributed by atoms with van der Waals surface area (Å²) >= 11 is 0. The second-order valence-electron chi connectivity index (χ2n) is 6.22. The topological polar surface area (TPSA) is 88.9 Å². The lowest BCUT2D eigenvalue weighted by molar-refractivity contribution is -0.137. The van der Waals surface area contributed by atoms with Crippen LogP contribution in [-0.2, 0) is 16.1 Å².